The Morgan fingerprint density at radius 3 is 2.46 bits per heavy atom. The van der Waals surface area contributed by atoms with Gasteiger partial charge in [-0.3, -0.25) is 19.2 Å². The van der Waals surface area contributed by atoms with Crippen LogP contribution in [0.5, 0.6) is 0 Å². The van der Waals surface area contributed by atoms with Crippen LogP contribution in [0.2, 0.25) is 0 Å². The molecule has 2 aliphatic rings. The maximum Gasteiger partial charge on any atom is 0.255 e. The van der Waals surface area contributed by atoms with Gasteiger partial charge < -0.3 is 15.1 Å². The van der Waals surface area contributed by atoms with Gasteiger partial charge in [0.05, 0.1) is 18.2 Å². The summed E-state index contributed by atoms with van der Waals surface area (Å²) in [6.45, 7) is 4.38. The molecule has 0 aliphatic carbocycles. The second kappa shape index (κ2) is 10.6. The summed E-state index contributed by atoms with van der Waals surface area (Å²) in [5.41, 5.74) is 2.08. The summed E-state index contributed by atoms with van der Waals surface area (Å²) in [4.78, 5) is 57.1. The number of ketones is 1. The number of carbonyl (C=O) groups is 4. The molecule has 3 unspecified atom stereocenters. The number of likely N-dealkylation sites (tertiary alicyclic amines) is 2. The Hall–Kier alpha value is -3.30. The molecule has 3 amide bonds. The third-order valence-electron chi connectivity index (χ3n) is 7.00. The van der Waals surface area contributed by atoms with E-state index in [0.717, 1.165) is 10.4 Å². The van der Waals surface area contributed by atoms with Crippen LogP contribution < -0.4 is 5.32 Å². The largest absolute Gasteiger partial charge is 0.340 e. The lowest BCUT2D eigenvalue weighted by Crippen LogP contribution is -2.53. The number of amides is 3. The van der Waals surface area contributed by atoms with Gasteiger partial charge in [0.1, 0.15) is 12.1 Å². The first-order valence-electron chi connectivity index (χ1n) is 12.4. The van der Waals surface area contributed by atoms with Crippen LogP contribution in [-0.2, 0) is 9.59 Å². The SMILES string of the molecule is CC(C)CC(NC(=O)c1ccc(-c2cccs2)cc1)C(=O)N1CCC2C1C(=O)CN2C(=O)c1ccsc1. The van der Waals surface area contributed by atoms with Gasteiger partial charge in [-0.25, -0.2) is 0 Å². The highest BCUT2D eigenvalue weighted by Gasteiger charge is 2.52. The highest BCUT2D eigenvalue weighted by Crippen LogP contribution is 2.32. The predicted octanol–water partition coefficient (Wildman–Crippen LogP) is 4.32. The van der Waals surface area contributed by atoms with Crippen molar-refractivity contribution >= 4 is 46.2 Å². The highest BCUT2D eigenvalue weighted by molar-refractivity contribution is 7.13. The first-order chi connectivity index (χ1) is 17.8. The number of nitrogens with one attached hydrogen (secondary N) is 1. The summed E-state index contributed by atoms with van der Waals surface area (Å²) in [5.74, 6) is -0.722. The predicted molar refractivity (Wildman–Crippen MR) is 145 cm³/mol. The van der Waals surface area contributed by atoms with E-state index in [-0.39, 0.29) is 42.0 Å². The standard InChI is InChI=1S/C28H29N3O4S2/c1-17(2)14-21(29-26(33)19-7-5-18(6-8-19)24-4-3-12-37-24)28(35)30-11-9-22-25(30)23(32)15-31(22)27(34)20-10-13-36-16-20/h3-8,10,12-13,16-17,21-22,25H,9,11,14-15H2,1-2H3,(H,29,33). The summed E-state index contributed by atoms with van der Waals surface area (Å²) in [6, 6.07) is 11.4. The Morgan fingerprint density at radius 1 is 1.03 bits per heavy atom. The summed E-state index contributed by atoms with van der Waals surface area (Å²) in [7, 11) is 0. The molecular formula is C28H29N3O4S2. The van der Waals surface area contributed by atoms with Gasteiger partial charge >= 0.3 is 0 Å². The van der Waals surface area contributed by atoms with E-state index < -0.39 is 12.1 Å². The van der Waals surface area contributed by atoms with Gasteiger partial charge in [-0.1, -0.05) is 32.0 Å². The Bertz CT molecular complexity index is 1290. The van der Waals surface area contributed by atoms with Gasteiger partial charge in [0.2, 0.25) is 5.91 Å². The summed E-state index contributed by atoms with van der Waals surface area (Å²) >= 11 is 3.07. The minimum Gasteiger partial charge on any atom is -0.340 e. The van der Waals surface area contributed by atoms with Gasteiger partial charge in [0, 0.05) is 22.4 Å². The molecule has 2 fully saturated rings. The van der Waals surface area contributed by atoms with Gasteiger partial charge in [-0.2, -0.15) is 11.3 Å². The molecule has 5 rings (SSSR count). The average molecular weight is 536 g/mol. The van der Waals surface area contributed by atoms with E-state index in [4.69, 9.17) is 0 Å². The molecule has 0 radical (unpaired) electrons. The number of rotatable bonds is 7. The Balaban J connectivity index is 1.30. The smallest absolute Gasteiger partial charge is 0.255 e. The van der Waals surface area contributed by atoms with Crippen molar-refractivity contribution in [3.63, 3.8) is 0 Å². The number of benzene rings is 1. The Morgan fingerprint density at radius 2 is 1.81 bits per heavy atom. The molecule has 0 spiro atoms. The maximum atomic E-state index is 13.7. The molecule has 3 aromatic rings. The minimum atomic E-state index is -0.752. The number of hydrogen-bond donors (Lipinski definition) is 1. The first-order valence-corrected chi connectivity index (χ1v) is 14.3. The molecule has 1 N–H and O–H groups in total. The topological polar surface area (TPSA) is 86.8 Å². The van der Waals surface area contributed by atoms with Crippen molar-refractivity contribution in [1.82, 2.24) is 15.1 Å². The van der Waals surface area contributed by atoms with Crippen molar-refractivity contribution < 1.29 is 19.2 Å². The quantitative estimate of drug-likeness (QED) is 0.488. The molecule has 2 aliphatic heterocycles. The van der Waals surface area contributed by atoms with Crippen molar-refractivity contribution in [2.24, 2.45) is 5.92 Å². The van der Waals surface area contributed by atoms with E-state index in [1.807, 2.05) is 48.9 Å². The number of hydrogen-bond acceptors (Lipinski definition) is 6. The number of carbonyl (C=O) groups excluding carboxylic acids is 4. The number of nitrogens with zero attached hydrogens (tertiary/aromatic N) is 2. The normalized spacial score (nSPS) is 19.8. The number of Topliss-reactive ketones (excluding diaryl/α,β-unsaturated/α-hetero) is 1. The monoisotopic (exact) mass is 535 g/mol. The van der Waals surface area contributed by atoms with Crippen LogP contribution in [0, 0.1) is 5.92 Å². The molecule has 1 aromatic carbocycles. The number of thiophene rings is 2. The molecule has 0 saturated carbocycles. The molecule has 37 heavy (non-hydrogen) atoms. The first kappa shape index (κ1) is 25.4. The average Bonchev–Trinajstić information content (AvgIpc) is 3.69. The van der Waals surface area contributed by atoms with Crippen LogP contribution in [0.3, 0.4) is 0 Å². The van der Waals surface area contributed by atoms with Crippen molar-refractivity contribution in [2.45, 2.75) is 44.8 Å². The third-order valence-corrected chi connectivity index (χ3v) is 8.60. The van der Waals surface area contributed by atoms with E-state index >= 15 is 0 Å². The van der Waals surface area contributed by atoms with E-state index in [1.54, 1.807) is 44.7 Å². The Kier molecular flexibility index (Phi) is 7.26. The highest BCUT2D eigenvalue weighted by atomic mass is 32.1. The second-order valence-corrected chi connectivity index (χ2v) is 11.7. The summed E-state index contributed by atoms with van der Waals surface area (Å²) < 4.78 is 0. The molecule has 2 saturated heterocycles. The lowest BCUT2D eigenvalue weighted by Gasteiger charge is -2.29. The van der Waals surface area contributed by atoms with Crippen molar-refractivity contribution in [1.29, 1.82) is 0 Å². The van der Waals surface area contributed by atoms with Crippen LogP contribution >= 0.6 is 22.7 Å². The van der Waals surface area contributed by atoms with Crippen LogP contribution in [0.1, 0.15) is 47.4 Å². The Labute approximate surface area is 224 Å². The fourth-order valence-corrected chi connectivity index (χ4v) is 6.62. The molecule has 7 nitrogen and oxygen atoms in total. The maximum absolute atomic E-state index is 13.7. The van der Waals surface area contributed by atoms with Crippen molar-refractivity contribution in [2.75, 3.05) is 13.1 Å². The minimum absolute atomic E-state index is 0.00554. The van der Waals surface area contributed by atoms with Crippen LogP contribution in [0.25, 0.3) is 10.4 Å². The van der Waals surface area contributed by atoms with Crippen molar-refractivity contribution in [3.8, 4) is 10.4 Å². The lowest BCUT2D eigenvalue weighted by molar-refractivity contribution is -0.138. The van der Waals surface area contributed by atoms with E-state index in [9.17, 15) is 19.2 Å². The number of fused-ring (bicyclic) bond motifs is 1. The zero-order valence-electron chi connectivity index (χ0n) is 20.8. The molecular weight excluding hydrogens is 506 g/mol. The van der Waals surface area contributed by atoms with Gasteiger partial charge in [-0.15, -0.1) is 11.3 Å². The fraction of sp³-hybridized carbons (Fsp3) is 0.357. The second-order valence-electron chi connectivity index (χ2n) is 9.95. The fourth-order valence-electron chi connectivity index (χ4n) is 5.25. The summed E-state index contributed by atoms with van der Waals surface area (Å²) in [5, 5.41) is 8.55. The van der Waals surface area contributed by atoms with Gasteiger partial charge in [0.15, 0.2) is 5.78 Å². The molecule has 2 aromatic heterocycles. The van der Waals surface area contributed by atoms with E-state index in [2.05, 4.69) is 5.32 Å². The van der Waals surface area contributed by atoms with Gasteiger partial charge in [0.25, 0.3) is 11.8 Å². The molecule has 0 bridgehead atoms. The zero-order chi connectivity index (χ0) is 26.1. The van der Waals surface area contributed by atoms with E-state index in [1.165, 1.54) is 11.3 Å². The van der Waals surface area contributed by atoms with Crippen LogP contribution in [0.15, 0.2) is 58.6 Å². The molecule has 4 heterocycles. The summed E-state index contributed by atoms with van der Waals surface area (Å²) in [6.07, 6.45) is 1.00. The zero-order valence-corrected chi connectivity index (χ0v) is 22.4. The lowest BCUT2D eigenvalue weighted by atomic mass is 10.0. The molecule has 9 heteroatoms. The van der Waals surface area contributed by atoms with E-state index in [0.29, 0.717) is 30.5 Å². The third kappa shape index (κ3) is 5.10. The van der Waals surface area contributed by atoms with Crippen LogP contribution in [0.4, 0.5) is 0 Å². The van der Waals surface area contributed by atoms with Crippen LogP contribution in [-0.4, -0.2) is 64.5 Å². The van der Waals surface area contributed by atoms with Crippen molar-refractivity contribution in [3.05, 3.63) is 69.7 Å². The molecule has 3 atom stereocenters. The van der Waals surface area contributed by atoms with Gasteiger partial charge in [-0.05, 0) is 59.3 Å². The molecule has 192 valence electrons.